The number of hydrogen-bond acceptors (Lipinski definition) is 5. The first kappa shape index (κ1) is 15.0. The van der Waals surface area contributed by atoms with Crippen LogP contribution in [0.25, 0.3) is 5.82 Å². The van der Waals surface area contributed by atoms with E-state index in [0.717, 1.165) is 12.1 Å². The molecule has 0 aliphatic rings. The number of benzene rings is 1. The summed E-state index contributed by atoms with van der Waals surface area (Å²) in [4.78, 5) is 8.28. The van der Waals surface area contributed by atoms with Gasteiger partial charge in [-0.15, -0.1) is 0 Å². The van der Waals surface area contributed by atoms with Crippen molar-refractivity contribution < 1.29 is 13.9 Å². The predicted molar refractivity (Wildman–Crippen MR) is 79.0 cm³/mol. The molecule has 0 fully saturated rings. The summed E-state index contributed by atoms with van der Waals surface area (Å²) in [6.45, 7) is 0.0492. The van der Waals surface area contributed by atoms with Gasteiger partial charge in [-0.1, -0.05) is 6.07 Å². The Balaban J connectivity index is 1.68. The third-order valence-electron chi connectivity index (χ3n) is 3.16. The maximum Gasteiger partial charge on any atom is 0.224 e. The van der Waals surface area contributed by atoms with Gasteiger partial charge in [0.2, 0.25) is 5.95 Å². The average molecular weight is 317 g/mol. The number of aromatic nitrogens is 4. The Morgan fingerprint density at radius 3 is 2.78 bits per heavy atom. The zero-order valence-electron chi connectivity index (χ0n) is 11.9. The molecule has 6 nitrogen and oxygen atoms in total. The summed E-state index contributed by atoms with van der Waals surface area (Å²) >= 11 is 0. The molecule has 1 atom stereocenters. The number of nitrogens with zero attached hydrogens (tertiary/aromatic N) is 4. The quantitative estimate of drug-likeness (QED) is 0.753. The molecule has 1 aromatic carbocycles. The Bertz CT molecular complexity index is 794. The van der Waals surface area contributed by atoms with Gasteiger partial charge in [-0.05, 0) is 23.8 Å². The molecule has 0 aliphatic heterocycles. The van der Waals surface area contributed by atoms with Gasteiger partial charge in [0, 0.05) is 31.2 Å². The molecule has 0 radical (unpaired) electrons. The number of nitrogens with one attached hydrogen (secondary N) is 1. The van der Waals surface area contributed by atoms with Gasteiger partial charge in [-0.2, -0.15) is 10.1 Å². The minimum Gasteiger partial charge on any atom is -0.387 e. The molecule has 118 valence electrons. The van der Waals surface area contributed by atoms with Crippen molar-refractivity contribution >= 4 is 5.95 Å². The van der Waals surface area contributed by atoms with Gasteiger partial charge in [-0.3, -0.25) is 0 Å². The predicted octanol–water partition coefficient (Wildman–Crippen LogP) is 2.09. The van der Waals surface area contributed by atoms with E-state index in [1.807, 2.05) is 0 Å². The molecule has 0 amide bonds. The van der Waals surface area contributed by atoms with Crippen LogP contribution in [0.2, 0.25) is 0 Å². The number of anilines is 1. The summed E-state index contributed by atoms with van der Waals surface area (Å²) < 4.78 is 27.6. The Morgan fingerprint density at radius 2 is 2.04 bits per heavy atom. The third kappa shape index (κ3) is 3.49. The summed E-state index contributed by atoms with van der Waals surface area (Å²) in [6.07, 6.45) is 3.89. The van der Waals surface area contributed by atoms with Gasteiger partial charge in [-0.25, -0.2) is 18.4 Å². The highest BCUT2D eigenvalue weighted by molar-refractivity contribution is 5.32. The maximum absolute atomic E-state index is 13.2. The van der Waals surface area contributed by atoms with Crippen molar-refractivity contribution in [1.82, 2.24) is 19.7 Å². The minimum absolute atomic E-state index is 0.0492. The van der Waals surface area contributed by atoms with Crippen LogP contribution >= 0.6 is 0 Å². The first-order chi connectivity index (χ1) is 11.1. The molecular weight excluding hydrogens is 304 g/mol. The van der Waals surface area contributed by atoms with Crippen LogP contribution in [0.1, 0.15) is 11.7 Å². The fraction of sp³-hybridized carbons (Fsp3) is 0.133. The maximum atomic E-state index is 13.2. The van der Waals surface area contributed by atoms with E-state index < -0.39 is 17.7 Å². The van der Waals surface area contributed by atoms with Gasteiger partial charge >= 0.3 is 0 Å². The molecular formula is C15H13F2N5O. The number of hydrogen-bond donors (Lipinski definition) is 2. The van der Waals surface area contributed by atoms with Gasteiger partial charge < -0.3 is 10.4 Å². The van der Waals surface area contributed by atoms with E-state index in [9.17, 15) is 13.9 Å². The molecule has 3 rings (SSSR count). The van der Waals surface area contributed by atoms with Crippen LogP contribution in [0.5, 0.6) is 0 Å². The minimum atomic E-state index is -1.03. The highest BCUT2D eigenvalue weighted by Crippen LogP contribution is 2.16. The molecule has 0 aliphatic carbocycles. The van der Waals surface area contributed by atoms with Gasteiger partial charge in [0.25, 0.3) is 0 Å². The lowest BCUT2D eigenvalue weighted by Crippen LogP contribution is -2.15. The average Bonchev–Trinajstić information content (AvgIpc) is 3.10. The summed E-state index contributed by atoms with van der Waals surface area (Å²) in [5, 5.41) is 16.9. The van der Waals surface area contributed by atoms with E-state index in [1.54, 1.807) is 35.4 Å². The zero-order valence-corrected chi connectivity index (χ0v) is 11.9. The second-order valence-corrected chi connectivity index (χ2v) is 4.76. The van der Waals surface area contributed by atoms with Crippen molar-refractivity contribution in [2.24, 2.45) is 0 Å². The van der Waals surface area contributed by atoms with Crippen LogP contribution in [-0.2, 0) is 0 Å². The lowest BCUT2D eigenvalue weighted by Gasteiger charge is -2.13. The summed E-state index contributed by atoms with van der Waals surface area (Å²) in [5.74, 6) is -1.10. The van der Waals surface area contributed by atoms with E-state index in [1.165, 1.54) is 6.07 Å². The molecule has 0 saturated carbocycles. The molecule has 3 aromatic rings. The van der Waals surface area contributed by atoms with Crippen LogP contribution in [0.15, 0.2) is 48.9 Å². The fourth-order valence-corrected chi connectivity index (χ4v) is 1.99. The Labute approximate surface area is 130 Å². The van der Waals surface area contributed by atoms with Crippen LogP contribution in [0.3, 0.4) is 0 Å². The van der Waals surface area contributed by atoms with Crippen molar-refractivity contribution in [3.63, 3.8) is 0 Å². The van der Waals surface area contributed by atoms with Crippen LogP contribution in [0, 0.1) is 11.6 Å². The highest BCUT2D eigenvalue weighted by Gasteiger charge is 2.11. The van der Waals surface area contributed by atoms with Crippen molar-refractivity contribution in [2.75, 3.05) is 11.9 Å². The number of aliphatic hydroxyl groups is 1. The van der Waals surface area contributed by atoms with Gasteiger partial charge in [0.05, 0.1) is 6.10 Å². The standard InChI is InChI=1S/C15H13F2N5O/c16-11-3-2-10(8-12(11)17)13(23)9-19-15-18-6-4-14(21-15)22-7-1-5-20-22/h1-8,13,23H,9H2,(H,18,19,21)/t13-/m0/s1. The molecule has 8 heteroatoms. The molecule has 23 heavy (non-hydrogen) atoms. The molecule has 0 spiro atoms. The first-order valence-electron chi connectivity index (χ1n) is 6.83. The smallest absolute Gasteiger partial charge is 0.224 e. The topological polar surface area (TPSA) is 75.9 Å². The lowest BCUT2D eigenvalue weighted by atomic mass is 10.1. The monoisotopic (exact) mass is 317 g/mol. The number of aliphatic hydroxyl groups excluding tert-OH is 1. The van der Waals surface area contributed by atoms with Crippen molar-refractivity contribution in [1.29, 1.82) is 0 Å². The van der Waals surface area contributed by atoms with Crippen molar-refractivity contribution in [3.05, 3.63) is 66.1 Å². The molecule has 2 aromatic heterocycles. The van der Waals surface area contributed by atoms with Crippen LogP contribution in [0.4, 0.5) is 14.7 Å². The highest BCUT2D eigenvalue weighted by atomic mass is 19.2. The van der Waals surface area contributed by atoms with E-state index in [4.69, 9.17) is 0 Å². The summed E-state index contributed by atoms with van der Waals surface area (Å²) in [6, 6.07) is 6.71. The molecule has 0 bridgehead atoms. The molecule has 0 unspecified atom stereocenters. The second-order valence-electron chi connectivity index (χ2n) is 4.76. The van der Waals surface area contributed by atoms with Crippen molar-refractivity contribution in [3.8, 4) is 5.82 Å². The van der Waals surface area contributed by atoms with Crippen molar-refractivity contribution in [2.45, 2.75) is 6.10 Å². The fourth-order valence-electron chi connectivity index (χ4n) is 1.99. The number of halogens is 2. The lowest BCUT2D eigenvalue weighted by molar-refractivity contribution is 0.190. The normalized spacial score (nSPS) is 12.1. The van der Waals surface area contributed by atoms with Crippen LogP contribution in [-0.4, -0.2) is 31.4 Å². The second kappa shape index (κ2) is 6.49. The SMILES string of the molecule is O[C@@H](CNc1nccc(-n2cccn2)n1)c1ccc(F)c(F)c1. The van der Waals surface area contributed by atoms with E-state index in [2.05, 4.69) is 20.4 Å². The van der Waals surface area contributed by atoms with Gasteiger partial charge in [0.1, 0.15) is 0 Å². The first-order valence-corrected chi connectivity index (χ1v) is 6.83. The van der Waals surface area contributed by atoms with E-state index in [-0.39, 0.29) is 12.1 Å². The van der Waals surface area contributed by atoms with Crippen LogP contribution < -0.4 is 5.32 Å². The Kier molecular flexibility index (Phi) is 4.24. The van der Waals surface area contributed by atoms with E-state index in [0.29, 0.717) is 11.8 Å². The summed E-state index contributed by atoms with van der Waals surface area (Å²) in [7, 11) is 0. The molecule has 0 saturated heterocycles. The Morgan fingerprint density at radius 1 is 1.17 bits per heavy atom. The van der Waals surface area contributed by atoms with Gasteiger partial charge in [0.15, 0.2) is 17.5 Å². The third-order valence-corrected chi connectivity index (χ3v) is 3.16. The molecule has 2 heterocycles. The number of rotatable bonds is 5. The Hall–Kier alpha value is -2.87. The van der Waals surface area contributed by atoms with E-state index >= 15 is 0 Å². The molecule has 2 N–H and O–H groups in total. The summed E-state index contributed by atoms with van der Waals surface area (Å²) in [5.41, 5.74) is 0.264. The largest absolute Gasteiger partial charge is 0.387 e. The zero-order chi connectivity index (χ0) is 16.2.